The van der Waals surface area contributed by atoms with Gasteiger partial charge in [0.15, 0.2) is 0 Å². The standard InChI is InChI=1S/C15H22N4/c1-3-9-19-10-8-17-15(19)14(18-16)11-13-7-5-4-6-12(13)2/h4-8,10,14,18H,3,9,11,16H2,1-2H3. The van der Waals surface area contributed by atoms with Gasteiger partial charge in [0.1, 0.15) is 5.82 Å². The Morgan fingerprint density at radius 1 is 1.37 bits per heavy atom. The summed E-state index contributed by atoms with van der Waals surface area (Å²) in [5.74, 6) is 6.73. The number of hydrazine groups is 1. The minimum Gasteiger partial charge on any atom is -0.334 e. The summed E-state index contributed by atoms with van der Waals surface area (Å²) in [5, 5.41) is 0. The number of nitrogens with two attached hydrogens (primary N) is 1. The van der Waals surface area contributed by atoms with Gasteiger partial charge >= 0.3 is 0 Å². The molecule has 2 rings (SSSR count). The first kappa shape index (κ1) is 13.8. The third-order valence-electron chi connectivity index (χ3n) is 3.41. The zero-order chi connectivity index (χ0) is 13.7. The van der Waals surface area contributed by atoms with E-state index in [4.69, 9.17) is 5.84 Å². The van der Waals surface area contributed by atoms with Crippen LogP contribution in [0.2, 0.25) is 0 Å². The molecule has 0 radical (unpaired) electrons. The maximum absolute atomic E-state index is 5.72. The van der Waals surface area contributed by atoms with Crippen molar-refractivity contribution in [3.63, 3.8) is 0 Å². The van der Waals surface area contributed by atoms with Crippen LogP contribution >= 0.6 is 0 Å². The highest BCUT2D eigenvalue weighted by Gasteiger charge is 2.16. The molecule has 0 amide bonds. The maximum Gasteiger partial charge on any atom is 0.127 e. The number of rotatable bonds is 6. The number of imidazole rings is 1. The third kappa shape index (κ3) is 3.22. The fourth-order valence-corrected chi connectivity index (χ4v) is 2.34. The Balaban J connectivity index is 2.20. The maximum atomic E-state index is 5.72. The van der Waals surface area contributed by atoms with Gasteiger partial charge in [-0.2, -0.15) is 0 Å². The van der Waals surface area contributed by atoms with Crippen LogP contribution in [0.1, 0.15) is 36.3 Å². The van der Waals surface area contributed by atoms with E-state index in [1.807, 2.05) is 12.4 Å². The van der Waals surface area contributed by atoms with E-state index in [-0.39, 0.29) is 6.04 Å². The molecule has 0 fully saturated rings. The van der Waals surface area contributed by atoms with Crippen molar-refractivity contribution in [3.05, 3.63) is 53.6 Å². The van der Waals surface area contributed by atoms with Crippen molar-refractivity contribution in [2.24, 2.45) is 5.84 Å². The van der Waals surface area contributed by atoms with E-state index in [2.05, 4.69) is 53.1 Å². The van der Waals surface area contributed by atoms with E-state index in [0.717, 1.165) is 25.2 Å². The number of hydrogen-bond acceptors (Lipinski definition) is 3. The van der Waals surface area contributed by atoms with E-state index >= 15 is 0 Å². The highest BCUT2D eigenvalue weighted by atomic mass is 15.3. The molecule has 1 aromatic heterocycles. The lowest BCUT2D eigenvalue weighted by atomic mass is 10.0. The third-order valence-corrected chi connectivity index (χ3v) is 3.41. The van der Waals surface area contributed by atoms with Crippen LogP contribution in [-0.2, 0) is 13.0 Å². The summed E-state index contributed by atoms with van der Waals surface area (Å²) in [6.07, 6.45) is 5.79. The second-order valence-electron chi connectivity index (χ2n) is 4.83. The van der Waals surface area contributed by atoms with Crippen LogP contribution < -0.4 is 11.3 Å². The molecule has 1 aromatic carbocycles. The van der Waals surface area contributed by atoms with Crippen LogP contribution in [0.5, 0.6) is 0 Å². The molecule has 0 saturated heterocycles. The van der Waals surface area contributed by atoms with Gasteiger partial charge in [-0.3, -0.25) is 5.84 Å². The van der Waals surface area contributed by atoms with Gasteiger partial charge in [-0.05, 0) is 30.9 Å². The van der Waals surface area contributed by atoms with Gasteiger partial charge in [-0.15, -0.1) is 0 Å². The molecule has 4 heteroatoms. The predicted octanol–water partition coefficient (Wildman–Crippen LogP) is 2.35. The summed E-state index contributed by atoms with van der Waals surface area (Å²) in [6.45, 7) is 5.26. The van der Waals surface area contributed by atoms with E-state index in [0.29, 0.717) is 0 Å². The van der Waals surface area contributed by atoms with Crippen molar-refractivity contribution in [1.82, 2.24) is 15.0 Å². The molecular formula is C15H22N4. The monoisotopic (exact) mass is 258 g/mol. The van der Waals surface area contributed by atoms with Crippen LogP contribution in [0.3, 0.4) is 0 Å². The van der Waals surface area contributed by atoms with Crippen molar-refractivity contribution in [1.29, 1.82) is 0 Å². The van der Waals surface area contributed by atoms with Crippen molar-refractivity contribution in [2.75, 3.05) is 0 Å². The highest BCUT2D eigenvalue weighted by Crippen LogP contribution is 2.19. The summed E-state index contributed by atoms with van der Waals surface area (Å²) >= 11 is 0. The van der Waals surface area contributed by atoms with Gasteiger partial charge < -0.3 is 4.57 Å². The Bertz CT molecular complexity index is 518. The van der Waals surface area contributed by atoms with Crippen molar-refractivity contribution >= 4 is 0 Å². The fourth-order valence-electron chi connectivity index (χ4n) is 2.34. The second-order valence-corrected chi connectivity index (χ2v) is 4.83. The zero-order valence-electron chi connectivity index (χ0n) is 11.6. The van der Waals surface area contributed by atoms with E-state index < -0.39 is 0 Å². The first-order valence-electron chi connectivity index (χ1n) is 6.78. The smallest absolute Gasteiger partial charge is 0.127 e. The molecule has 1 unspecified atom stereocenters. The zero-order valence-corrected chi connectivity index (χ0v) is 11.6. The lowest BCUT2D eigenvalue weighted by Gasteiger charge is -2.18. The molecule has 0 aliphatic heterocycles. The van der Waals surface area contributed by atoms with Gasteiger partial charge in [-0.25, -0.2) is 10.4 Å². The number of hydrogen-bond donors (Lipinski definition) is 2. The molecule has 0 bridgehead atoms. The average molecular weight is 258 g/mol. The fraction of sp³-hybridized carbons (Fsp3) is 0.400. The highest BCUT2D eigenvalue weighted by molar-refractivity contribution is 5.27. The molecule has 0 aliphatic carbocycles. The summed E-state index contributed by atoms with van der Waals surface area (Å²) in [5.41, 5.74) is 5.49. The van der Waals surface area contributed by atoms with Crippen molar-refractivity contribution in [2.45, 2.75) is 39.3 Å². The van der Waals surface area contributed by atoms with Crippen LogP contribution in [0.4, 0.5) is 0 Å². The van der Waals surface area contributed by atoms with Crippen LogP contribution in [-0.4, -0.2) is 9.55 Å². The Labute approximate surface area is 114 Å². The molecule has 0 saturated carbocycles. The molecule has 4 nitrogen and oxygen atoms in total. The van der Waals surface area contributed by atoms with Gasteiger partial charge in [-0.1, -0.05) is 31.2 Å². The second kappa shape index (κ2) is 6.50. The number of benzene rings is 1. The number of nitrogens with one attached hydrogen (secondary N) is 1. The van der Waals surface area contributed by atoms with E-state index in [9.17, 15) is 0 Å². The lowest BCUT2D eigenvalue weighted by Crippen LogP contribution is -2.32. The number of nitrogens with zero attached hydrogens (tertiary/aromatic N) is 2. The molecule has 0 aliphatic rings. The predicted molar refractivity (Wildman–Crippen MR) is 77.5 cm³/mol. The topological polar surface area (TPSA) is 55.9 Å². The van der Waals surface area contributed by atoms with Crippen LogP contribution in [0.25, 0.3) is 0 Å². The molecule has 0 spiro atoms. The lowest BCUT2D eigenvalue weighted by molar-refractivity contribution is 0.487. The van der Waals surface area contributed by atoms with Crippen molar-refractivity contribution < 1.29 is 0 Å². The Kier molecular flexibility index (Phi) is 4.71. The minimum atomic E-state index is 0.0441. The van der Waals surface area contributed by atoms with E-state index in [1.165, 1.54) is 11.1 Å². The minimum absolute atomic E-state index is 0.0441. The molecule has 1 heterocycles. The quantitative estimate of drug-likeness (QED) is 0.617. The van der Waals surface area contributed by atoms with Gasteiger partial charge in [0.25, 0.3) is 0 Å². The molecule has 102 valence electrons. The van der Waals surface area contributed by atoms with Crippen LogP contribution in [0.15, 0.2) is 36.7 Å². The molecule has 2 aromatic rings. The number of aryl methyl sites for hydroxylation is 2. The largest absolute Gasteiger partial charge is 0.334 e. The van der Waals surface area contributed by atoms with Gasteiger partial charge in [0.2, 0.25) is 0 Å². The Morgan fingerprint density at radius 3 is 2.84 bits per heavy atom. The van der Waals surface area contributed by atoms with Gasteiger partial charge in [0, 0.05) is 18.9 Å². The molecule has 1 atom stereocenters. The Hall–Kier alpha value is -1.65. The van der Waals surface area contributed by atoms with Crippen LogP contribution in [0, 0.1) is 6.92 Å². The average Bonchev–Trinajstić information content (AvgIpc) is 2.86. The Morgan fingerprint density at radius 2 is 2.16 bits per heavy atom. The summed E-state index contributed by atoms with van der Waals surface area (Å²) < 4.78 is 2.17. The number of aromatic nitrogens is 2. The normalized spacial score (nSPS) is 12.6. The molecule has 19 heavy (non-hydrogen) atoms. The first-order chi connectivity index (χ1) is 9.26. The summed E-state index contributed by atoms with van der Waals surface area (Å²) in [6, 6.07) is 8.44. The van der Waals surface area contributed by atoms with Crippen molar-refractivity contribution in [3.8, 4) is 0 Å². The van der Waals surface area contributed by atoms with E-state index in [1.54, 1.807) is 0 Å². The summed E-state index contributed by atoms with van der Waals surface area (Å²) in [7, 11) is 0. The molecular weight excluding hydrogens is 236 g/mol. The SMILES string of the molecule is CCCn1ccnc1C(Cc1ccccc1C)NN. The first-order valence-corrected chi connectivity index (χ1v) is 6.78. The van der Waals surface area contributed by atoms with Gasteiger partial charge in [0.05, 0.1) is 6.04 Å². The molecule has 3 N–H and O–H groups in total. The summed E-state index contributed by atoms with van der Waals surface area (Å²) in [4.78, 5) is 4.45.